The molecule has 0 saturated heterocycles. The van der Waals surface area contributed by atoms with Crippen molar-refractivity contribution >= 4 is 11.7 Å². The van der Waals surface area contributed by atoms with Crippen molar-refractivity contribution in [2.24, 2.45) is 0 Å². The Morgan fingerprint density at radius 2 is 2.17 bits per heavy atom. The summed E-state index contributed by atoms with van der Waals surface area (Å²) in [7, 11) is 0. The second-order valence-corrected chi connectivity index (χ2v) is 3.98. The molecule has 18 heavy (non-hydrogen) atoms. The van der Waals surface area contributed by atoms with Gasteiger partial charge in [-0.1, -0.05) is 30.3 Å². The van der Waals surface area contributed by atoms with Crippen LogP contribution >= 0.6 is 0 Å². The van der Waals surface area contributed by atoms with Crippen molar-refractivity contribution in [2.45, 2.75) is 13.0 Å². The number of benzene rings is 1. The van der Waals surface area contributed by atoms with Crippen molar-refractivity contribution in [3.63, 3.8) is 0 Å². The fourth-order valence-electron chi connectivity index (χ4n) is 1.72. The first-order chi connectivity index (χ1) is 8.66. The molecule has 0 spiro atoms. The topological polar surface area (TPSA) is 70.1 Å². The number of hydrogen-bond donors (Lipinski definition) is 1. The van der Waals surface area contributed by atoms with E-state index in [0.29, 0.717) is 5.69 Å². The minimum Gasteiger partial charge on any atom is -0.463 e. The molecule has 1 unspecified atom stereocenters. The fraction of sp³-hybridized carbons (Fsp3) is 0.231. The molecular formula is C13H15N3O2. The normalized spacial score (nSPS) is 12.1. The van der Waals surface area contributed by atoms with Crippen LogP contribution in [0.5, 0.6) is 0 Å². The maximum absolute atomic E-state index is 10.9. The molecule has 0 aliphatic carbocycles. The van der Waals surface area contributed by atoms with Gasteiger partial charge in [-0.05, 0) is 5.56 Å². The third-order valence-corrected chi connectivity index (χ3v) is 2.57. The van der Waals surface area contributed by atoms with Gasteiger partial charge in [0.15, 0.2) is 0 Å². The average molecular weight is 245 g/mol. The van der Waals surface area contributed by atoms with E-state index in [1.54, 1.807) is 17.1 Å². The highest BCUT2D eigenvalue weighted by Gasteiger charge is 2.16. The zero-order valence-corrected chi connectivity index (χ0v) is 10.1. The lowest BCUT2D eigenvalue weighted by atomic mass is 10.1. The van der Waals surface area contributed by atoms with E-state index in [9.17, 15) is 4.79 Å². The number of anilines is 1. The molecular weight excluding hydrogens is 230 g/mol. The van der Waals surface area contributed by atoms with Gasteiger partial charge in [-0.3, -0.25) is 9.48 Å². The van der Waals surface area contributed by atoms with Crippen LogP contribution in [0.25, 0.3) is 0 Å². The maximum atomic E-state index is 10.9. The second-order valence-electron chi connectivity index (χ2n) is 3.98. The monoisotopic (exact) mass is 245 g/mol. The molecule has 2 N–H and O–H groups in total. The van der Waals surface area contributed by atoms with Crippen molar-refractivity contribution in [1.82, 2.24) is 9.78 Å². The van der Waals surface area contributed by atoms with Gasteiger partial charge < -0.3 is 10.5 Å². The van der Waals surface area contributed by atoms with Gasteiger partial charge in [-0.2, -0.15) is 5.10 Å². The molecule has 0 fully saturated rings. The van der Waals surface area contributed by atoms with Crippen molar-refractivity contribution in [1.29, 1.82) is 0 Å². The Balaban J connectivity index is 2.26. The van der Waals surface area contributed by atoms with Crippen LogP contribution in [0, 0.1) is 0 Å². The minimum atomic E-state index is -0.309. The number of carbonyl (C=O) groups excluding carboxylic acids is 1. The van der Waals surface area contributed by atoms with E-state index in [-0.39, 0.29) is 18.6 Å². The zero-order chi connectivity index (χ0) is 13.0. The standard InChI is InChI=1S/C13H15N3O2/c1-10(17)18-9-13(11-5-3-2-4-6-11)16-8-12(14)7-15-16/h2-8,13H,9,14H2,1H3. The summed E-state index contributed by atoms with van der Waals surface area (Å²) in [5.41, 5.74) is 7.26. The number of carbonyl (C=O) groups is 1. The number of nitrogens with two attached hydrogens (primary N) is 1. The lowest BCUT2D eigenvalue weighted by Gasteiger charge is -2.17. The summed E-state index contributed by atoms with van der Waals surface area (Å²) in [6, 6.07) is 9.57. The molecule has 1 heterocycles. The Hall–Kier alpha value is -2.30. The zero-order valence-electron chi connectivity index (χ0n) is 10.1. The third kappa shape index (κ3) is 2.88. The van der Waals surface area contributed by atoms with Crippen LogP contribution in [-0.2, 0) is 9.53 Å². The van der Waals surface area contributed by atoms with Crippen molar-refractivity contribution in [3.05, 3.63) is 48.3 Å². The molecule has 2 aromatic rings. The quantitative estimate of drug-likeness (QED) is 0.831. The predicted molar refractivity (Wildman–Crippen MR) is 67.9 cm³/mol. The Morgan fingerprint density at radius 1 is 1.44 bits per heavy atom. The molecule has 0 aliphatic rings. The van der Waals surface area contributed by atoms with Crippen LogP contribution in [-0.4, -0.2) is 22.4 Å². The van der Waals surface area contributed by atoms with E-state index in [1.165, 1.54) is 6.92 Å². The van der Waals surface area contributed by atoms with Crippen molar-refractivity contribution in [2.75, 3.05) is 12.3 Å². The van der Waals surface area contributed by atoms with E-state index >= 15 is 0 Å². The van der Waals surface area contributed by atoms with Gasteiger partial charge in [0.2, 0.25) is 0 Å². The molecule has 5 nitrogen and oxygen atoms in total. The molecule has 0 radical (unpaired) electrons. The highest BCUT2D eigenvalue weighted by atomic mass is 16.5. The SMILES string of the molecule is CC(=O)OCC(c1ccccc1)n1cc(N)cn1. The molecule has 5 heteroatoms. The molecule has 1 aromatic heterocycles. The third-order valence-electron chi connectivity index (χ3n) is 2.57. The van der Waals surface area contributed by atoms with Crippen LogP contribution in [0.1, 0.15) is 18.5 Å². The van der Waals surface area contributed by atoms with Gasteiger partial charge in [0.25, 0.3) is 0 Å². The van der Waals surface area contributed by atoms with Gasteiger partial charge in [0.05, 0.1) is 11.9 Å². The predicted octanol–water partition coefficient (Wildman–Crippen LogP) is 1.62. The van der Waals surface area contributed by atoms with Crippen molar-refractivity contribution < 1.29 is 9.53 Å². The summed E-state index contributed by atoms with van der Waals surface area (Å²) < 4.78 is 6.78. The Bertz CT molecular complexity index is 522. The molecule has 1 aromatic carbocycles. The molecule has 2 rings (SSSR count). The molecule has 0 aliphatic heterocycles. The van der Waals surface area contributed by atoms with E-state index in [0.717, 1.165) is 5.56 Å². The van der Waals surface area contributed by atoms with Crippen LogP contribution in [0.15, 0.2) is 42.7 Å². The number of hydrogen-bond acceptors (Lipinski definition) is 4. The number of ether oxygens (including phenoxy) is 1. The van der Waals surface area contributed by atoms with E-state index < -0.39 is 0 Å². The van der Waals surface area contributed by atoms with Gasteiger partial charge >= 0.3 is 5.97 Å². The highest BCUT2D eigenvalue weighted by Crippen LogP contribution is 2.19. The van der Waals surface area contributed by atoms with Crippen LogP contribution in [0.2, 0.25) is 0 Å². The van der Waals surface area contributed by atoms with Crippen LogP contribution in [0.4, 0.5) is 5.69 Å². The number of aromatic nitrogens is 2. The van der Waals surface area contributed by atoms with Gasteiger partial charge in [-0.25, -0.2) is 0 Å². The van der Waals surface area contributed by atoms with E-state index in [1.807, 2.05) is 30.3 Å². The summed E-state index contributed by atoms with van der Waals surface area (Å²) in [4.78, 5) is 10.9. The Kier molecular flexibility index (Phi) is 3.62. The lowest BCUT2D eigenvalue weighted by molar-refractivity contribution is -0.141. The molecule has 0 bridgehead atoms. The summed E-state index contributed by atoms with van der Waals surface area (Å²) in [5.74, 6) is -0.309. The largest absolute Gasteiger partial charge is 0.463 e. The summed E-state index contributed by atoms with van der Waals surface area (Å²) in [6.45, 7) is 1.62. The van der Waals surface area contributed by atoms with E-state index in [2.05, 4.69) is 5.10 Å². The van der Waals surface area contributed by atoms with Gasteiger partial charge in [0.1, 0.15) is 12.6 Å². The summed E-state index contributed by atoms with van der Waals surface area (Å²) in [5, 5.41) is 4.17. The Labute approximate surface area is 105 Å². The number of esters is 1. The van der Waals surface area contributed by atoms with Gasteiger partial charge in [0, 0.05) is 13.1 Å². The number of nitrogen functional groups attached to an aromatic ring is 1. The minimum absolute atomic E-state index is 0.160. The molecule has 0 saturated carbocycles. The molecule has 1 atom stereocenters. The number of rotatable bonds is 4. The first-order valence-corrected chi connectivity index (χ1v) is 5.65. The second kappa shape index (κ2) is 5.35. The number of nitrogens with zero attached hydrogens (tertiary/aromatic N) is 2. The smallest absolute Gasteiger partial charge is 0.302 e. The average Bonchev–Trinajstić information content (AvgIpc) is 2.77. The van der Waals surface area contributed by atoms with Gasteiger partial charge in [-0.15, -0.1) is 0 Å². The Morgan fingerprint density at radius 3 is 2.72 bits per heavy atom. The molecule has 94 valence electrons. The first-order valence-electron chi connectivity index (χ1n) is 5.65. The maximum Gasteiger partial charge on any atom is 0.302 e. The summed E-state index contributed by atoms with van der Waals surface area (Å²) >= 11 is 0. The van der Waals surface area contributed by atoms with E-state index in [4.69, 9.17) is 10.5 Å². The summed E-state index contributed by atoms with van der Waals surface area (Å²) in [6.07, 6.45) is 3.30. The highest BCUT2D eigenvalue weighted by molar-refractivity contribution is 5.65. The fourth-order valence-corrected chi connectivity index (χ4v) is 1.72. The van der Waals surface area contributed by atoms with Crippen LogP contribution in [0.3, 0.4) is 0 Å². The molecule has 0 amide bonds. The lowest BCUT2D eigenvalue weighted by Crippen LogP contribution is -2.19. The van der Waals surface area contributed by atoms with Crippen molar-refractivity contribution in [3.8, 4) is 0 Å². The van der Waals surface area contributed by atoms with Crippen LogP contribution < -0.4 is 5.73 Å². The first kappa shape index (κ1) is 12.2.